The van der Waals surface area contributed by atoms with Crippen LogP contribution >= 0.6 is 0 Å². The number of nitrogens with zero attached hydrogens (tertiary/aromatic N) is 1. The van der Waals surface area contributed by atoms with E-state index in [1.54, 1.807) is 83.5 Å². The van der Waals surface area contributed by atoms with Gasteiger partial charge in [-0.25, -0.2) is 9.78 Å². The number of methoxy groups -OCH3 is 3. The summed E-state index contributed by atoms with van der Waals surface area (Å²) >= 11 is 0. The number of aromatic nitrogens is 1. The van der Waals surface area contributed by atoms with Gasteiger partial charge in [-0.3, -0.25) is 9.59 Å². The molecule has 13 nitrogen and oxygen atoms in total. The Balaban J connectivity index is 1.54. The summed E-state index contributed by atoms with van der Waals surface area (Å²) in [6, 6.07) is 14.7. The summed E-state index contributed by atoms with van der Waals surface area (Å²) in [7, 11) is 4.56. The van der Waals surface area contributed by atoms with Gasteiger partial charge in [0.1, 0.15) is 41.2 Å². The van der Waals surface area contributed by atoms with Crippen LogP contribution in [0, 0.1) is 5.92 Å². The van der Waals surface area contributed by atoms with Crippen molar-refractivity contribution < 1.29 is 52.3 Å². The van der Waals surface area contributed by atoms with E-state index < -0.39 is 49.0 Å². The molecule has 0 spiro atoms. The van der Waals surface area contributed by atoms with Crippen LogP contribution < -0.4 is 33.7 Å². The molecular formula is C35H42N2O11. The van der Waals surface area contributed by atoms with Crippen molar-refractivity contribution >= 4 is 17.8 Å². The molecule has 2 heterocycles. The fraction of sp³-hybridized carbons (Fsp3) is 0.429. The molecule has 1 amide bonds. The molecule has 3 aromatic rings. The quantitative estimate of drug-likeness (QED) is 0.198. The van der Waals surface area contributed by atoms with Gasteiger partial charge in [-0.2, -0.15) is 0 Å². The molecule has 1 aromatic heterocycles. The Hall–Kier alpha value is -5.20. The first-order valence-corrected chi connectivity index (χ1v) is 15.6. The number of nitrogens with one attached hydrogen (secondary N) is 1. The Bertz CT molecular complexity index is 1510. The van der Waals surface area contributed by atoms with Crippen LogP contribution in [0.5, 0.6) is 34.5 Å². The number of carbonyl (C=O) groups excluding carboxylic acids is 3. The highest BCUT2D eigenvalue weighted by atomic mass is 16.7. The monoisotopic (exact) mass is 666 g/mol. The third kappa shape index (κ3) is 9.43. The average molecular weight is 667 g/mol. The second-order valence-corrected chi connectivity index (χ2v) is 11.3. The molecule has 1 aliphatic heterocycles. The van der Waals surface area contributed by atoms with E-state index in [0.29, 0.717) is 35.8 Å². The molecule has 1 saturated heterocycles. The highest BCUT2D eigenvalue weighted by Gasteiger charge is 2.37. The normalized spacial score (nSPS) is 19.4. The zero-order chi connectivity index (χ0) is 34.6. The molecule has 0 saturated carbocycles. The van der Waals surface area contributed by atoms with Gasteiger partial charge in [-0.15, -0.1) is 0 Å². The van der Waals surface area contributed by atoms with Crippen molar-refractivity contribution in [2.75, 3.05) is 28.1 Å². The van der Waals surface area contributed by atoms with Gasteiger partial charge in [0.05, 0.1) is 27.2 Å². The van der Waals surface area contributed by atoms with Crippen LogP contribution in [-0.4, -0.2) is 75.3 Å². The lowest BCUT2D eigenvalue weighted by Crippen LogP contribution is -2.47. The van der Waals surface area contributed by atoms with Crippen molar-refractivity contribution in [3.63, 3.8) is 0 Å². The first-order chi connectivity index (χ1) is 23.1. The summed E-state index contributed by atoms with van der Waals surface area (Å²) in [4.78, 5) is 43.2. The molecular weight excluding hydrogens is 624 g/mol. The Morgan fingerprint density at radius 1 is 0.875 bits per heavy atom. The average Bonchev–Trinajstić information content (AvgIpc) is 3.14. The molecule has 4 unspecified atom stereocenters. The van der Waals surface area contributed by atoms with E-state index in [0.717, 1.165) is 0 Å². The standard InChI is InChI=1S/C35H42N2O11/c1-21(2)34(39)45-20-44-32-28(43-6)18-19-36-30(32)33(38)37-27-8-7-9-29(47-25-14-10-23(41-4)11-15-25)31(22(3)46-35(27)40)48-26-16-12-24(42-5)13-17-26/h10-19,21-22,27,29,31H,7-9,20H2,1-6H3,(H,37,38). The minimum atomic E-state index is -1.03. The maximum Gasteiger partial charge on any atom is 0.329 e. The van der Waals surface area contributed by atoms with E-state index in [2.05, 4.69) is 10.3 Å². The van der Waals surface area contributed by atoms with Gasteiger partial charge in [-0.05, 0) is 74.7 Å². The van der Waals surface area contributed by atoms with Crippen LogP contribution in [-0.2, 0) is 19.1 Å². The zero-order valence-corrected chi connectivity index (χ0v) is 27.9. The fourth-order valence-corrected chi connectivity index (χ4v) is 4.94. The zero-order valence-electron chi connectivity index (χ0n) is 27.9. The van der Waals surface area contributed by atoms with Crippen molar-refractivity contribution in [2.24, 2.45) is 5.92 Å². The van der Waals surface area contributed by atoms with Gasteiger partial charge in [-0.1, -0.05) is 13.8 Å². The van der Waals surface area contributed by atoms with E-state index in [1.807, 2.05) is 0 Å². The first kappa shape index (κ1) is 35.7. The smallest absolute Gasteiger partial charge is 0.329 e. The number of hydrogen-bond donors (Lipinski definition) is 1. The lowest BCUT2D eigenvalue weighted by molar-refractivity contribution is -0.157. The molecule has 2 aromatic carbocycles. The maximum absolute atomic E-state index is 13.5. The topological polar surface area (TPSA) is 150 Å². The SMILES string of the molecule is COc1ccc(OC2CCCC(NC(=O)c3nccc(OC)c3OCOC(=O)C(C)C)C(=O)OC(C)C2Oc2ccc(OC)cc2)cc1. The predicted octanol–water partition coefficient (Wildman–Crippen LogP) is 4.75. The minimum absolute atomic E-state index is 0.0419. The van der Waals surface area contributed by atoms with Gasteiger partial charge < -0.3 is 43.2 Å². The van der Waals surface area contributed by atoms with Gasteiger partial charge in [0.15, 0.2) is 23.3 Å². The van der Waals surface area contributed by atoms with E-state index in [9.17, 15) is 14.4 Å². The van der Waals surface area contributed by atoms with Crippen LogP contribution in [0.3, 0.4) is 0 Å². The lowest BCUT2D eigenvalue weighted by Gasteiger charge is -2.32. The summed E-state index contributed by atoms with van der Waals surface area (Å²) < 4.78 is 45.3. The molecule has 0 aliphatic carbocycles. The molecule has 1 aliphatic rings. The summed E-state index contributed by atoms with van der Waals surface area (Å²) in [5, 5.41) is 2.74. The predicted molar refractivity (Wildman–Crippen MR) is 173 cm³/mol. The number of amides is 1. The number of ether oxygens (including phenoxy) is 8. The molecule has 4 atom stereocenters. The minimum Gasteiger partial charge on any atom is -0.497 e. The van der Waals surface area contributed by atoms with Crippen LogP contribution in [0.15, 0.2) is 60.8 Å². The molecule has 0 bridgehead atoms. The lowest BCUT2D eigenvalue weighted by atomic mass is 10.0. The number of hydrogen-bond acceptors (Lipinski definition) is 12. The molecule has 48 heavy (non-hydrogen) atoms. The van der Waals surface area contributed by atoms with Crippen molar-refractivity contribution in [1.29, 1.82) is 0 Å². The van der Waals surface area contributed by atoms with E-state index >= 15 is 0 Å². The highest BCUT2D eigenvalue weighted by molar-refractivity contribution is 5.98. The molecule has 13 heteroatoms. The number of esters is 2. The maximum atomic E-state index is 13.5. The summed E-state index contributed by atoms with van der Waals surface area (Å²) in [6.45, 7) is 4.62. The Labute approximate surface area is 279 Å². The van der Waals surface area contributed by atoms with Crippen LogP contribution in [0.4, 0.5) is 0 Å². The summed E-state index contributed by atoms with van der Waals surface area (Å²) in [5.41, 5.74) is -0.155. The summed E-state index contributed by atoms with van der Waals surface area (Å²) in [5.74, 6) is 0.412. The second kappa shape index (κ2) is 17.1. The van der Waals surface area contributed by atoms with E-state index in [-0.39, 0.29) is 29.5 Å². The molecule has 4 rings (SSSR count). The number of pyridine rings is 1. The number of carbonyl (C=O) groups is 3. The Morgan fingerprint density at radius 3 is 2.06 bits per heavy atom. The largest absolute Gasteiger partial charge is 0.497 e. The number of cyclic esters (lactones) is 1. The second-order valence-electron chi connectivity index (χ2n) is 11.3. The fourth-order valence-electron chi connectivity index (χ4n) is 4.94. The van der Waals surface area contributed by atoms with E-state index in [1.165, 1.54) is 19.4 Å². The van der Waals surface area contributed by atoms with Crippen molar-refractivity contribution in [1.82, 2.24) is 10.3 Å². The van der Waals surface area contributed by atoms with Gasteiger partial charge >= 0.3 is 11.9 Å². The summed E-state index contributed by atoms with van der Waals surface area (Å²) in [6.07, 6.45) is 0.500. The third-order valence-corrected chi connectivity index (χ3v) is 7.56. The van der Waals surface area contributed by atoms with Crippen LogP contribution in [0.25, 0.3) is 0 Å². The molecule has 1 fully saturated rings. The first-order valence-electron chi connectivity index (χ1n) is 15.6. The molecule has 258 valence electrons. The Kier molecular flexibility index (Phi) is 12.7. The number of rotatable bonds is 13. The highest BCUT2D eigenvalue weighted by Crippen LogP contribution is 2.31. The van der Waals surface area contributed by atoms with Crippen LogP contribution in [0.2, 0.25) is 0 Å². The van der Waals surface area contributed by atoms with E-state index in [4.69, 9.17) is 37.9 Å². The van der Waals surface area contributed by atoms with Gasteiger partial charge in [0, 0.05) is 12.3 Å². The van der Waals surface area contributed by atoms with Crippen LogP contribution in [0.1, 0.15) is 50.5 Å². The van der Waals surface area contributed by atoms with Gasteiger partial charge in [0.25, 0.3) is 5.91 Å². The number of benzene rings is 2. The van der Waals surface area contributed by atoms with Gasteiger partial charge in [0.2, 0.25) is 6.79 Å². The molecule has 0 radical (unpaired) electrons. The molecule has 1 N–H and O–H groups in total. The third-order valence-electron chi connectivity index (χ3n) is 7.56. The van der Waals surface area contributed by atoms with Crippen molar-refractivity contribution in [2.45, 2.75) is 64.4 Å². The Morgan fingerprint density at radius 2 is 1.48 bits per heavy atom. The van der Waals surface area contributed by atoms with Crippen molar-refractivity contribution in [3.05, 3.63) is 66.5 Å². The van der Waals surface area contributed by atoms with Crippen molar-refractivity contribution in [3.8, 4) is 34.5 Å².